The Kier molecular flexibility index (Phi) is 6.04. The Morgan fingerprint density at radius 2 is 2.04 bits per heavy atom. The van der Waals surface area contributed by atoms with Crippen molar-refractivity contribution in [1.82, 2.24) is 15.2 Å². The van der Waals surface area contributed by atoms with Crippen LogP contribution in [0.1, 0.15) is 30.3 Å². The number of hydrogen-bond donors (Lipinski definition) is 1. The van der Waals surface area contributed by atoms with Crippen molar-refractivity contribution in [3.05, 3.63) is 35.3 Å². The molecule has 1 aliphatic heterocycles. The van der Waals surface area contributed by atoms with E-state index in [2.05, 4.69) is 17.2 Å². The molecule has 0 aliphatic carbocycles. The Bertz CT molecular complexity index is 691. The van der Waals surface area contributed by atoms with Crippen LogP contribution in [0.25, 0.3) is 10.6 Å². The maximum Gasteiger partial charge on any atom is 0.273 e. The molecular formula is C19H25N3O2S. The van der Waals surface area contributed by atoms with E-state index in [9.17, 15) is 4.79 Å². The number of hydrogen-bond acceptors (Lipinski definition) is 5. The first-order chi connectivity index (χ1) is 12.2. The van der Waals surface area contributed by atoms with Crippen LogP contribution in [-0.2, 0) is 0 Å². The maximum absolute atomic E-state index is 12.7. The summed E-state index contributed by atoms with van der Waals surface area (Å²) in [4.78, 5) is 19.2. The molecule has 3 rings (SSSR count). The van der Waals surface area contributed by atoms with E-state index in [1.165, 1.54) is 11.3 Å². The van der Waals surface area contributed by atoms with Gasteiger partial charge in [0.2, 0.25) is 0 Å². The molecule has 6 heteroatoms. The SMILES string of the molecule is CCNCC1CCN(C(=O)c2csc(-c3ccc(OC)cc3)n2)CC1. The molecule has 1 aromatic carbocycles. The number of likely N-dealkylation sites (tertiary alicyclic amines) is 1. The third-order valence-corrected chi connectivity index (χ3v) is 5.54. The van der Waals surface area contributed by atoms with Gasteiger partial charge in [-0.2, -0.15) is 0 Å². The second kappa shape index (κ2) is 8.45. The lowest BCUT2D eigenvalue weighted by atomic mass is 9.96. The monoisotopic (exact) mass is 359 g/mol. The summed E-state index contributed by atoms with van der Waals surface area (Å²) >= 11 is 1.51. The summed E-state index contributed by atoms with van der Waals surface area (Å²) in [7, 11) is 1.65. The standard InChI is InChI=1S/C19H25N3O2S/c1-3-20-12-14-8-10-22(11-9-14)19(23)17-13-25-18(21-17)15-4-6-16(24-2)7-5-15/h4-7,13-14,20H,3,8-12H2,1-2H3. The highest BCUT2D eigenvalue weighted by Crippen LogP contribution is 2.27. The molecule has 0 saturated carbocycles. The largest absolute Gasteiger partial charge is 0.497 e. The zero-order valence-electron chi connectivity index (χ0n) is 14.8. The van der Waals surface area contributed by atoms with Gasteiger partial charge in [-0.1, -0.05) is 6.92 Å². The average Bonchev–Trinajstić information content (AvgIpc) is 3.16. The Balaban J connectivity index is 1.61. The minimum atomic E-state index is 0.0536. The van der Waals surface area contributed by atoms with Crippen molar-refractivity contribution in [3.8, 4) is 16.3 Å². The molecule has 0 spiro atoms. The van der Waals surface area contributed by atoms with Crippen LogP contribution < -0.4 is 10.1 Å². The highest BCUT2D eigenvalue weighted by Gasteiger charge is 2.25. The molecule has 1 fully saturated rings. The zero-order valence-corrected chi connectivity index (χ0v) is 15.6. The number of thiazole rings is 1. The van der Waals surface area contributed by atoms with Crippen LogP contribution in [0, 0.1) is 5.92 Å². The number of rotatable bonds is 6. The number of nitrogens with zero attached hydrogens (tertiary/aromatic N) is 2. The summed E-state index contributed by atoms with van der Waals surface area (Å²) < 4.78 is 5.18. The predicted octanol–water partition coefficient (Wildman–Crippen LogP) is 3.28. The molecule has 5 nitrogen and oxygen atoms in total. The lowest BCUT2D eigenvalue weighted by Gasteiger charge is -2.31. The first-order valence-electron chi connectivity index (χ1n) is 8.81. The highest BCUT2D eigenvalue weighted by molar-refractivity contribution is 7.13. The molecule has 0 unspecified atom stereocenters. The number of benzene rings is 1. The van der Waals surface area contributed by atoms with Gasteiger partial charge in [0.25, 0.3) is 5.91 Å². The van der Waals surface area contributed by atoms with Gasteiger partial charge in [-0.15, -0.1) is 11.3 Å². The summed E-state index contributed by atoms with van der Waals surface area (Å²) in [6.07, 6.45) is 2.13. The van der Waals surface area contributed by atoms with Crippen LogP contribution in [0.5, 0.6) is 5.75 Å². The molecule has 1 aromatic heterocycles. The molecular weight excluding hydrogens is 334 g/mol. The normalized spacial score (nSPS) is 15.4. The third-order valence-electron chi connectivity index (χ3n) is 4.65. The van der Waals surface area contributed by atoms with Gasteiger partial charge in [-0.25, -0.2) is 4.98 Å². The average molecular weight is 359 g/mol. The van der Waals surface area contributed by atoms with E-state index in [1.807, 2.05) is 34.5 Å². The summed E-state index contributed by atoms with van der Waals surface area (Å²) in [5, 5.41) is 6.14. The van der Waals surface area contributed by atoms with Gasteiger partial charge in [0.1, 0.15) is 16.5 Å². The maximum atomic E-state index is 12.7. The Morgan fingerprint density at radius 1 is 1.32 bits per heavy atom. The topological polar surface area (TPSA) is 54.5 Å². The molecule has 25 heavy (non-hydrogen) atoms. The summed E-state index contributed by atoms with van der Waals surface area (Å²) in [5.74, 6) is 1.55. The lowest BCUT2D eigenvalue weighted by Crippen LogP contribution is -2.40. The third kappa shape index (κ3) is 4.38. The van der Waals surface area contributed by atoms with Crippen LogP contribution in [0.2, 0.25) is 0 Å². The van der Waals surface area contributed by atoms with Crippen LogP contribution in [0.4, 0.5) is 0 Å². The van der Waals surface area contributed by atoms with Crippen molar-refractivity contribution in [1.29, 1.82) is 0 Å². The van der Waals surface area contributed by atoms with E-state index in [0.29, 0.717) is 11.6 Å². The molecule has 0 atom stereocenters. The number of amides is 1. The van der Waals surface area contributed by atoms with Crippen molar-refractivity contribution < 1.29 is 9.53 Å². The van der Waals surface area contributed by atoms with Gasteiger partial charge >= 0.3 is 0 Å². The molecule has 1 aliphatic rings. The summed E-state index contributed by atoms with van der Waals surface area (Å²) in [6.45, 7) is 5.83. The molecule has 1 N–H and O–H groups in total. The fourth-order valence-electron chi connectivity index (χ4n) is 3.09. The molecule has 0 radical (unpaired) electrons. The molecule has 2 aromatic rings. The zero-order chi connectivity index (χ0) is 17.6. The van der Waals surface area contributed by atoms with Gasteiger partial charge in [0.05, 0.1) is 7.11 Å². The van der Waals surface area contributed by atoms with Crippen molar-refractivity contribution in [2.24, 2.45) is 5.92 Å². The van der Waals surface area contributed by atoms with Crippen LogP contribution in [0.15, 0.2) is 29.6 Å². The van der Waals surface area contributed by atoms with Crippen LogP contribution in [-0.4, -0.2) is 49.1 Å². The van der Waals surface area contributed by atoms with E-state index >= 15 is 0 Å². The van der Waals surface area contributed by atoms with E-state index in [0.717, 1.165) is 55.3 Å². The number of carbonyl (C=O) groups excluding carboxylic acids is 1. The molecule has 1 saturated heterocycles. The molecule has 0 bridgehead atoms. The van der Waals surface area contributed by atoms with Gasteiger partial charge < -0.3 is 15.0 Å². The lowest BCUT2D eigenvalue weighted by molar-refractivity contribution is 0.0685. The number of ether oxygens (including phenoxy) is 1. The Morgan fingerprint density at radius 3 is 2.68 bits per heavy atom. The summed E-state index contributed by atoms with van der Waals surface area (Å²) in [6, 6.07) is 7.76. The quantitative estimate of drug-likeness (QED) is 0.860. The minimum Gasteiger partial charge on any atom is -0.497 e. The van der Waals surface area contributed by atoms with Crippen LogP contribution in [0.3, 0.4) is 0 Å². The first-order valence-corrected chi connectivity index (χ1v) is 9.69. The number of carbonyl (C=O) groups is 1. The van der Waals surface area contributed by atoms with Crippen molar-refractivity contribution in [2.45, 2.75) is 19.8 Å². The van der Waals surface area contributed by atoms with E-state index < -0.39 is 0 Å². The Hall–Kier alpha value is -1.92. The van der Waals surface area contributed by atoms with Gasteiger partial charge in [0.15, 0.2) is 0 Å². The van der Waals surface area contributed by atoms with Gasteiger partial charge in [-0.05, 0) is 56.1 Å². The Labute approximate surface area is 153 Å². The van der Waals surface area contributed by atoms with Crippen molar-refractivity contribution in [3.63, 3.8) is 0 Å². The van der Waals surface area contributed by atoms with Crippen molar-refractivity contribution in [2.75, 3.05) is 33.3 Å². The molecule has 2 heterocycles. The van der Waals surface area contributed by atoms with E-state index in [4.69, 9.17) is 4.74 Å². The number of nitrogens with one attached hydrogen (secondary N) is 1. The van der Waals surface area contributed by atoms with Crippen molar-refractivity contribution >= 4 is 17.2 Å². The number of methoxy groups -OCH3 is 1. The summed E-state index contributed by atoms with van der Waals surface area (Å²) in [5.41, 5.74) is 1.56. The second-order valence-electron chi connectivity index (χ2n) is 6.31. The van der Waals surface area contributed by atoms with E-state index in [1.54, 1.807) is 7.11 Å². The second-order valence-corrected chi connectivity index (χ2v) is 7.17. The fourth-order valence-corrected chi connectivity index (χ4v) is 3.89. The minimum absolute atomic E-state index is 0.0536. The molecule has 1 amide bonds. The highest BCUT2D eigenvalue weighted by atomic mass is 32.1. The van der Waals surface area contributed by atoms with E-state index in [-0.39, 0.29) is 5.91 Å². The van der Waals surface area contributed by atoms with Gasteiger partial charge in [-0.3, -0.25) is 4.79 Å². The smallest absolute Gasteiger partial charge is 0.273 e. The number of aromatic nitrogens is 1. The molecule has 134 valence electrons. The fraction of sp³-hybridized carbons (Fsp3) is 0.474. The number of piperidine rings is 1. The van der Waals surface area contributed by atoms with Crippen LogP contribution >= 0.6 is 11.3 Å². The predicted molar refractivity (Wildman–Crippen MR) is 101 cm³/mol. The van der Waals surface area contributed by atoms with Gasteiger partial charge in [0, 0.05) is 24.0 Å². The first kappa shape index (κ1) is 17.9.